The molecule has 2 bridgehead atoms. The second kappa shape index (κ2) is 3.38. The number of hydrogen-bond donors (Lipinski definition) is 3. The third-order valence-electron chi connectivity index (χ3n) is 5.68. The summed E-state index contributed by atoms with van der Waals surface area (Å²) in [6, 6.07) is 4.14. The van der Waals surface area contributed by atoms with Crippen molar-refractivity contribution in [3.63, 3.8) is 0 Å². The highest BCUT2D eigenvalue weighted by atomic mass is 16.5. The lowest BCUT2D eigenvalue weighted by Gasteiger charge is -2.53. The van der Waals surface area contributed by atoms with E-state index in [4.69, 9.17) is 4.74 Å². The van der Waals surface area contributed by atoms with Crippen LogP contribution in [0.3, 0.4) is 0 Å². The molecule has 0 radical (unpaired) electrons. The predicted molar refractivity (Wildman–Crippen MR) is 72.9 cm³/mol. The molecule has 4 heteroatoms. The van der Waals surface area contributed by atoms with Crippen molar-refractivity contribution >= 4 is 0 Å². The van der Waals surface area contributed by atoms with Gasteiger partial charge in [-0.3, -0.25) is 0 Å². The number of phenolic OH excluding ortho intramolecular Hbond substituents is 1. The molecule has 1 fully saturated rings. The van der Waals surface area contributed by atoms with Crippen LogP contribution in [-0.4, -0.2) is 35.0 Å². The van der Waals surface area contributed by atoms with Gasteiger partial charge >= 0.3 is 0 Å². The van der Waals surface area contributed by atoms with Crippen LogP contribution in [0.25, 0.3) is 0 Å². The number of aromatic hydroxyl groups is 1. The van der Waals surface area contributed by atoms with Gasteiger partial charge in [-0.15, -0.1) is 0 Å². The Hall–Kier alpha value is -1.52. The fraction of sp³-hybridized carbons (Fsp3) is 0.500. The minimum atomic E-state index is -0.595. The van der Waals surface area contributed by atoms with Crippen LogP contribution < -0.4 is 10.1 Å². The summed E-state index contributed by atoms with van der Waals surface area (Å²) in [4.78, 5) is 0. The molecule has 20 heavy (non-hydrogen) atoms. The van der Waals surface area contributed by atoms with E-state index in [0.717, 1.165) is 24.9 Å². The second-order valence-electron chi connectivity index (χ2n) is 6.44. The molecule has 5 rings (SSSR count). The monoisotopic (exact) mass is 271 g/mol. The van der Waals surface area contributed by atoms with Gasteiger partial charge in [-0.2, -0.15) is 0 Å². The SMILES string of the molecule is Oc1ccc2c3c1O[C@H]1C(O)C=C[C@H]4[C@@H](C2)NCC[C@]314. The van der Waals surface area contributed by atoms with Crippen molar-refractivity contribution in [1.29, 1.82) is 0 Å². The molecule has 2 heterocycles. The molecule has 1 aromatic rings. The number of ether oxygens (including phenoxy) is 1. The van der Waals surface area contributed by atoms with Gasteiger partial charge in [-0.25, -0.2) is 0 Å². The highest BCUT2D eigenvalue weighted by molar-refractivity contribution is 5.61. The van der Waals surface area contributed by atoms with Gasteiger partial charge in [-0.1, -0.05) is 18.2 Å². The quantitative estimate of drug-likeness (QED) is 0.612. The van der Waals surface area contributed by atoms with Crippen LogP contribution in [0.4, 0.5) is 0 Å². The fourth-order valence-corrected chi connectivity index (χ4v) is 4.98. The smallest absolute Gasteiger partial charge is 0.165 e. The third-order valence-corrected chi connectivity index (χ3v) is 5.68. The summed E-state index contributed by atoms with van der Waals surface area (Å²) in [5.41, 5.74) is 2.26. The van der Waals surface area contributed by atoms with E-state index in [2.05, 4.69) is 11.4 Å². The molecule has 0 saturated carbocycles. The van der Waals surface area contributed by atoms with Crippen molar-refractivity contribution in [1.82, 2.24) is 5.32 Å². The Labute approximate surface area is 117 Å². The van der Waals surface area contributed by atoms with Crippen LogP contribution in [0.15, 0.2) is 24.3 Å². The number of hydrogen-bond acceptors (Lipinski definition) is 4. The topological polar surface area (TPSA) is 61.7 Å². The van der Waals surface area contributed by atoms with Crippen molar-refractivity contribution in [3.8, 4) is 11.5 Å². The summed E-state index contributed by atoms with van der Waals surface area (Å²) in [6.45, 7) is 0.941. The van der Waals surface area contributed by atoms with Gasteiger partial charge in [0.15, 0.2) is 11.5 Å². The van der Waals surface area contributed by atoms with Crippen molar-refractivity contribution in [2.75, 3.05) is 6.54 Å². The van der Waals surface area contributed by atoms with E-state index in [1.165, 1.54) is 5.56 Å². The Kier molecular flexibility index (Phi) is 1.89. The van der Waals surface area contributed by atoms with Crippen LogP contribution >= 0.6 is 0 Å². The van der Waals surface area contributed by atoms with E-state index >= 15 is 0 Å². The largest absolute Gasteiger partial charge is 0.504 e. The molecular formula is C16H17NO3. The van der Waals surface area contributed by atoms with Crippen LogP contribution in [-0.2, 0) is 11.8 Å². The van der Waals surface area contributed by atoms with Gasteiger partial charge < -0.3 is 20.3 Å². The maximum atomic E-state index is 10.4. The van der Waals surface area contributed by atoms with E-state index in [1.807, 2.05) is 12.1 Å². The summed E-state index contributed by atoms with van der Waals surface area (Å²) in [7, 11) is 0. The molecule has 2 aliphatic heterocycles. The highest BCUT2D eigenvalue weighted by Gasteiger charge is 2.63. The maximum Gasteiger partial charge on any atom is 0.165 e. The van der Waals surface area contributed by atoms with Gasteiger partial charge in [0, 0.05) is 22.9 Å². The zero-order chi connectivity index (χ0) is 13.5. The first-order chi connectivity index (χ1) is 9.72. The molecule has 0 aromatic heterocycles. The summed E-state index contributed by atoms with van der Waals surface area (Å²) < 4.78 is 6.04. The van der Waals surface area contributed by atoms with Crippen LogP contribution in [0.1, 0.15) is 17.5 Å². The fourth-order valence-electron chi connectivity index (χ4n) is 4.98. The van der Waals surface area contributed by atoms with E-state index in [1.54, 1.807) is 6.07 Å². The molecule has 4 aliphatic rings. The average molecular weight is 271 g/mol. The second-order valence-corrected chi connectivity index (χ2v) is 6.44. The number of aliphatic hydroxyl groups is 1. The summed E-state index contributed by atoms with van der Waals surface area (Å²) in [6.07, 6.45) is 5.08. The molecule has 2 aliphatic carbocycles. The molecule has 1 aromatic carbocycles. The molecule has 5 atom stereocenters. The molecular weight excluding hydrogens is 254 g/mol. The van der Waals surface area contributed by atoms with Crippen LogP contribution in [0.5, 0.6) is 11.5 Å². The molecule has 1 unspecified atom stereocenters. The van der Waals surface area contributed by atoms with Crippen LogP contribution in [0, 0.1) is 5.92 Å². The van der Waals surface area contributed by atoms with E-state index in [-0.39, 0.29) is 17.3 Å². The number of rotatable bonds is 0. The van der Waals surface area contributed by atoms with Gasteiger partial charge in [0.05, 0.1) is 0 Å². The number of phenols is 1. The number of benzene rings is 1. The molecule has 4 nitrogen and oxygen atoms in total. The van der Waals surface area contributed by atoms with Crippen LogP contribution in [0.2, 0.25) is 0 Å². The van der Waals surface area contributed by atoms with Crippen molar-refractivity contribution in [2.45, 2.75) is 36.5 Å². The molecule has 104 valence electrons. The Morgan fingerprint density at radius 2 is 2.20 bits per heavy atom. The van der Waals surface area contributed by atoms with Crippen molar-refractivity contribution < 1.29 is 14.9 Å². The minimum absolute atomic E-state index is 0.161. The van der Waals surface area contributed by atoms with E-state index in [9.17, 15) is 10.2 Å². The zero-order valence-electron chi connectivity index (χ0n) is 11.0. The van der Waals surface area contributed by atoms with Gasteiger partial charge in [0.1, 0.15) is 12.2 Å². The lowest BCUT2D eigenvalue weighted by atomic mass is 9.54. The third kappa shape index (κ3) is 1.04. The molecule has 0 amide bonds. The van der Waals surface area contributed by atoms with Gasteiger partial charge in [-0.05, 0) is 31.0 Å². The Morgan fingerprint density at radius 3 is 3.10 bits per heavy atom. The molecule has 1 saturated heterocycles. The lowest BCUT2D eigenvalue weighted by molar-refractivity contribution is -0.0177. The summed E-state index contributed by atoms with van der Waals surface area (Å²) >= 11 is 0. The Balaban J connectivity index is 1.86. The maximum absolute atomic E-state index is 10.4. The normalized spacial score (nSPS) is 43.0. The van der Waals surface area contributed by atoms with E-state index in [0.29, 0.717) is 17.7 Å². The first-order valence-electron chi connectivity index (χ1n) is 7.33. The average Bonchev–Trinajstić information content (AvgIpc) is 2.78. The van der Waals surface area contributed by atoms with Crippen molar-refractivity contribution in [2.24, 2.45) is 5.92 Å². The molecule has 3 N–H and O–H groups in total. The minimum Gasteiger partial charge on any atom is -0.504 e. The number of aliphatic hydroxyl groups excluding tert-OH is 1. The highest BCUT2D eigenvalue weighted by Crippen LogP contribution is 2.61. The number of piperidine rings is 1. The first kappa shape index (κ1) is 11.2. The Morgan fingerprint density at radius 1 is 1.30 bits per heavy atom. The van der Waals surface area contributed by atoms with E-state index < -0.39 is 6.10 Å². The van der Waals surface area contributed by atoms with Gasteiger partial charge in [0.25, 0.3) is 0 Å². The lowest BCUT2D eigenvalue weighted by Crippen LogP contribution is -2.64. The standard InChI is InChI=1S/C16H17NO3/c18-11-3-1-8-7-10-9-2-4-12(19)15-16(9,5-6-17-10)13(8)14(11)20-15/h1-4,9-10,12,15,17-19H,5-7H2/t9-,10+,12?,15-,16-/m0/s1. The zero-order valence-corrected chi connectivity index (χ0v) is 11.0. The summed E-state index contributed by atoms with van der Waals surface area (Å²) in [5.74, 6) is 1.16. The predicted octanol–water partition coefficient (Wildman–Crippen LogP) is 0.856. The van der Waals surface area contributed by atoms with Gasteiger partial charge in [0.2, 0.25) is 0 Å². The number of nitrogens with one attached hydrogen (secondary N) is 1. The summed E-state index contributed by atoms with van der Waals surface area (Å²) in [5, 5.41) is 24.1. The first-order valence-corrected chi connectivity index (χ1v) is 7.33. The molecule has 1 spiro atoms. The Bertz CT molecular complexity index is 641. The van der Waals surface area contributed by atoms with Crippen molar-refractivity contribution in [3.05, 3.63) is 35.4 Å².